The van der Waals surface area contributed by atoms with Crippen LogP contribution in [0.3, 0.4) is 0 Å². The number of rotatable bonds is 7. The zero-order valence-electron chi connectivity index (χ0n) is 12.2. The first kappa shape index (κ1) is 16.2. The van der Waals surface area contributed by atoms with E-state index in [4.69, 9.17) is 4.52 Å². The van der Waals surface area contributed by atoms with E-state index in [2.05, 4.69) is 15.2 Å². The van der Waals surface area contributed by atoms with Crippen LogP contribution in [0, 0.1) is 6.92 Å². The highest BCUT2D eigenvalue weighted by Gasteiger charge is 2.23. The third-order valence-corrected chi connectivity index (χ3v) is 5.73. The summed E-state index contributed by atoms with van der Waals surface area (Å²) in [6.45, 7) is 6.51. The predicted molar refractivity (Wildman–Crippen MR) is 81.6 cm³/mol. The number of hydrogen-bond donors (Lipinski definition) is 2. The Labute approximate surface area is 128 Å². The first-order valence-corrected chi connectivity index (χ1v) is 8.95. The molecular formula is C13H19N3O3S2. The number of hydrogen-bond acceptors (Lipinski definition) is 6. The lowest BCUT2D eigenvalue weighted by molar-refractivity contribution is 0.411. The lowest BCUT2D eigenvalue weighted by Gasteiger charge is -2.10. The maximum Gasteiger partial charge on any atom is 0.242 e. The fourth-order valence-electron chi connectivity index (χ4n) is 1.84. The number of aromatic nitrogens is 1. The second kappa shape index (κ2) is 6.69. The maximum atomic E-state index is 12.5. The highest BCUT2D eigenvalue weighted by atomic mass is 32.2. The molecule has 2 aromatic heterocycles. The van der Waals surface area contributed by atoms with Crippen LogP contribution in [0.2, 0.25) is 0 Å². The fourth-order valence-corrected chi connectivity index (χ4v) is 4.59. The van der Waals surface area contributed by atoms with Gasteiger partial charge in [0.25, 0.3) is 0 Å². The van der Waals surface area contributed by atoms with E-state index >= 15 is 0 Å². The Morgan fingerprint density at radius 3 is 2.76 bits per heavy atom. The number of nitrogens with zero attached hydrogens (tertiary/aromatic N) is 1. The molecule has 0 bridgehead atoms. The predicted octanol–water partition coefficient (Wildman–Crippen LogP) is 2.02. The molecule has 2 aromatic rings. The lowest BCUT2D eigenvalue weighted by Crippen LogP contribution is -2.27. The van der Waals surface area contributed by atoms with Crippen molar-refractivity contribution in [3.8, 4) is 0 Å². The third-order valence-electron chi connectivity index (χ3n) is 2.86. The molecule has 6 nitrogen and oxygen atoms in total. The molecule has 0 amide bonds. The second-order valence-corrected chi connectivity index (χ2v) is 7.69. The molecule has 0 aliphatic carbocycles. The van der Waals surface area contributed by atoms with Gasteiger partial charge in [-0.15, -0.1) is 11.3 Å². The summed E-state index contributed by atoms with van der Waals surface area (Å²) in [5.41, 5.74) is 1.31. The molecule has 0 aliphatic rings. The van der Waals surface area contributed by atoms with Gasteiger partial charge in [0, 0.05) is 23.5 Å². The van der Waals surface area contributed by atoms with Crippen molar-refractivity contribution in [1.82, 2.24) is 15.2 Å². The first-order chi connectivity index (χ1) is 9.90. The van der Waals surface area contributed by atoms with E-state index in [1.54, 1.807) is 13.0 Å². The third kappa shape index (κ3) is 4.13. The van der Waals surface area contributed by atoms with Crippen LogP contribution in [0.1, 0.15) is 30.0 Å². The first-order valence-electron chi connectivity index (χ1n) is 6.59. The Hall–Kier alpha value is -1.22. The van der Waals surface area contributed by atoms with E-state index in [0.29, 0.717) is 23.2 Å². The Morgan fingerprint density at radius 1 is 1.38 bits per heavy atom. The highest BCUT2D eigenvalue weighted by Crippen LogP contribution is 2.27. The van der Waals surface area contributed by atoms with Crippen molar-refractivity contribution < 1.29 is 12.9 Å². The number of sulfonamides is 1. The van der Waals surface area contributed by atoms with Crippen molar-refractivity contribution in [3.63, 3.8) is 0 Å². The SMILES string of the molecule is Cc1csc(CNC(C)C)c1S(=O)(=O)NCc1ccon1. The van der Waals surface area contributed by atoms with Crippen LogP contribution in [0.4, 0.5) is 0 Å². The van der Waals surface area contributed by atoms with Crippen molar-refractivity contribution in [1.29, 1.82) is 0 Å². The molecule has 2 heterocycles. The minimum atomic E-state index is -3.56. The largest absolute Gasteiger partial charge is 0.364 e. The van der Waals surface area contributed by atoms with E-state index < -0.39 is 10.0 Å². The molecule has 0 fully saturated rings. The highest BCUT2D eigenvalue weighted by molar-refractivity contribution is 7.89. The lowest BCUT2D eigenvalue weighted by atomic mass is 10.3. The average Bonchev–Trinajstić information content (AvgIpc) is 3.03. The Kier molecular flexibility index (Phi) is 5.15. The van der Waals surface area contributed by atoms with E-state index in [1.165, 1.54) is 17.6 Å². The van der Waals surface area contributed by atoms with Gasteiger partial charge in [0.1, 0.15) is 11.2 Å². The normalized spacial score (nSPS) is 12.2. The topological polar surface area (TPSA) is 84.2 Å². The molecule has 116 valence electrons. The number of nitrogens with one attached hydrogen (secondary N) is 2. The molecule has 0 aromatic carbocycles. The quantitative estimate of drug-likeness (QED) is 0.812. The summed E-state index contributed by atoms with van der Waals surface area (Å²) in [4.78, 5) is 1.18. The summed E-state index contributed by atoms with van der Waals surface area (Å²) in [5.74, 6) is 0. The van der Waals surface area contributed by atoms with E-state index in [-0.39, 0.29) is 6.54 Å². The molecule has 0 unspecified atom stereocenters. The van der Waals surface area contributed by atoms with Crippen molar-refractivity contribution in [2.75, 3.05) is 0 Å². The average molecular weight is 329 g/mol. The molecule has 2 N–H and O–H groups in total. The van der Waals surface area contributed by atoms with Crippen LogP contribution in [0.25, 0.3) is 0 Å². The van der Waals surface area contributed by atoms with E-state index in [1.807, 2.05) is 19.2 Å². The minimum absolute atomic E-state index is 0.116. The summed E-state index contributed by atoms with van der Waals surface area (Å²) in [5, 5.41) is 8.80. The van der Waals surface area contributed by atoms with Crippen molar-refractivity contribution in [3.05, 3.63) is 33.8 Å². The second-order valence-electron chi connectivity index (χ2n) is 5.02. The van der Waals surface area contributed by atoms with Crippen LogP contribution < -0.4 is 10.0 Å². The van der Waals surface area contributed by atoms with Crippen LogP contribution in [0.15, 0.2) is 27.1 Å². The van der Waals surface area contributed by atoms with Crippen molar-refractivity contribution in [2.24, 2.45) is 0 Å². The number of thiophene rings is 1. The van der Waals surface area contributed by atoms with Crippen LogP contribution in [0.5, 0.6) is 0 Å². The fraction of sp³-hybridized carbons (Fsp3) is 0.462. The van der Waals surface area contributed by atoms with E-state index in [0.717, 1.165) is 10.4 Å². The van der Waals surface area contributed by atoms with Gasteiger partial charge in [-0.25, -0.2) is 13.1 Å². The Morgan fingerprint density at radius 2 is 2.14 bits per heavy atom. The molecule has 2 rings (SSSR count). The zero-order valence-corrected chi connectivity index (χ0v) is 13.8. The summed E-state index contributed by atoms with van der Waals surface area (Å²) >= 11 is 1.45. The molecular weight excluding hydrogens is 310 g/mol. The summed E-state index contributed by atoms with van der Waals surface area (Å²) in [6.07, 6.45) is 1.41. The van der Waals surface area contributed by atoms with Gasteiger partial charge in [-0.3, -0.25) is 0 Å². The molecule has 0 saturated carbocycles. The van der Waals surface area contributed by atoms with Crippen molar-refractivity contribution >= 4 is 21.4 Å². The minimum Gasteiger partial charge on any atom is -0.364 e. The Bertz CT molecular complexity index is 676. The van der Waals surface area contributed by atoms with Gasteiger partial charge in [0.05, 0.1) is 12.2 Å². The van der Waals surface area contributed by atoms with Crippen molar-refractivity contribution in [2.45, 2.75) is 44.8 Å². The molecule has 21 heavy (non-hydrogen) atoms. The van der Waals surface area contributed by atoms with Gasteiger partial charge < -0.3 is 9.84 Å². The summed E-state index contributed by atoms with van der Waals surface area (Å²) in [7, 11) is -3.56. The van der Waals surface area contributed by atoms with Gasteiger partial charge in [-0.05, 0) is 17.9 Å². The monoisotopic (exact) mass is 329 g/mol. The maximum absolute atomic E-state index is 12.5. The Balaban J connectivity index is 2.16. The standard InChI is InChI=1S/C13H19N3O3S2/c1-9(2)14-7-12-13(10(3)8-20-12)21(17,18)15-6-11-4-5-19-16-11/h4-5,8-9,14-15H,6-7H2,1-3H3. The summed E-state index contributed by atoms with van der Waals surface area (Å²) in [6, 6.07) is 1.93. The van der Waals surface area contributed by atoms with Gasteiger partial charge in [0.2, 0.25) is 10.0 Å². The van der Waals surface area contributed by atoms with Gasteiger partial charge in [-0.2, -0.15) is 0 Å². The molecule has 0 spiro atoms. The van der Waals surface area contributed by atoms with Gasteiger partial charge >= 0.3 is 0 Å². The molecule has 8 heteroatoms. The summed E-state index contributed by atoms with van der Waals surface area (Å²) < 4.78 is 32.2. The molecule has 0 radical (unpaired) electrons. The molecule has 0 aliphatic heterocycles. The number of aryl methyl sites for hydroxylation is 1. The molecule has 0 saturated heterocycles. The van der Waals surface area contributed by atoms with Gasteiger partial charge in [0.15, 0.2) is 0 Å². The van der Waals surface area contributed by atoms with Gasteiger partial charge in [-0.1, -0.05) is 19.0 Å². The van der Waals surface area contributed by atoms with Crippen LogP contribution in [-0.2, 0) is 23.1 Å². The van der Waals surface area contributed by atoms with Crippen LogP contribution in [-0.4, -0.2) is 19.6 Å². The van der Waals surface area contributed by atoms with E-state index in [9.17, 15) is 8.42 Å². The van der Waals surface area contributed by atoms with Crippen LogP contribution >= 0.6 is 11.3 Å². The molecule has 0 atom stereocenters. The smallest absolute Gasteiger partial charge is 0.242 e. The zero-order chi connectivity index (χ0) is 15.5.